The first-order valence-corrected chi connectivity index (χ1v) is 10.8. The third-order valence-electron chi connectivity index (χ3n) is 5.00. The Balaban J connectivity index is 1.85. The van der Waals surface area contributed by atoms with Gasteiger partial charge >= 0.3 is 5.69 Å². The Bertz CT molecular complexity index is 1320. The molecule has 2 N–H and O–H groups in total. The van der Waals surface area contributed by atoms with Gasteiger partial charge < -0.3 is 5.11 Å². The number of aromatic amines is 1. The lowest BCUT2D eigenvalue weighted by atomic mass is 10.0. The highest BCUT2D eigenvalue weighted by Crippen LogP contribution is 2.37. The molecule has 3 aromatic rings. The molecule has 0 saturated heterocycles. The molecule has 31 heavy (non-hydrogen) atoms. The predicted octanol–water partition coefficient (Wildman–Crippen LogP) is 3.34. The molecule has 160 valence electrons. The minimum atomic E-state index is -0.806. The lowest BCUT2D eigenvalue weighted by molar-refractivity contribution is -0.132. The molecule has 0 bridgehead atoms. The molecule has 8 nitrogen and oxygen atoms in total. The second-order valence-corrected chi connectivity index (χ2v) is 8.84. The fraction of sp³-hybridized carbons (Fsp3) is 0.238. The van der Waals surface area contributed by atoms with E-state index in [2.05, 4.69) is 10.1 Å². The molecule has 1 aliphatic rings. The molecule has 3 heterocycles. The normalized spacial score (nSPS) is 15.9. The molecule has 0 fully saturated rings. The Hall–Kier alpha value is -3.17. The van der Waals surface area contributed by atoms with Crippen LogP contribution in [0.4, 0.5) is 0 Å². The van der Waals surface area contributed by atoms with E-state index in [9.17, 15) is 19.5 Å². The third-order valence-corrected chi connectivity index (χ3v) is 6.34. The average molecular weight is 459 g/mol. The Morgan fingerprint density at radius 3 is 2.74 bits per heavy atom. The summed E-state index contributed by atoms with van der Waals surface area (Å²) in [6.07, 6.45) is 0.470. The van der Waals surface area contributed by atoms with Crippen LogP contribution in [0.5, 0.6) is 5.88 Å². The van der Waals surface area contributed by atoms with E-state index in [1.807, 2.05) is 19.1 Å². The van der Waals surface area contributed by atoms with Crippen molar-refractivity contribution in [2.45, 2.75) is 32.7 Å². The Morgan fingerprint density at radius 1 is 1.32 bits per heavy atom. The standard InChI is InChI=1S/C21H19ClN4O4S/c1-3-17(27)26-15(16-8-7-11(2)31-16)10-14(24-26)18-19(28)23-21(30)25(20(18)29)13-6-4-5-12(22)9-13/h4-9,15,29H,3,10H2,1-2H3,(H,23,28,30)/t15-/m0/s1. The number of aromatic hydroxyl groups is 1. The van der Waals surface area contributed by atoms with E-state index in [0.29, 0.717) is 5.02 Å². The number of hydrogen-bond acceptors (Lipinski definition) is 6. The average Bonchev–Trinajstić information content (AvgIpc) is 3.33. The number of nitrogens with one attached hydrogen (secondary N) is 1. The molecule has 0 saturated carbocycles. The zero-order valence-corrected chi connectivity index (χ0v) is 18.3. The lowest BCUT2D eigenvalue weighted by Crippen LogP contribution is -2.33. The van der Waals surface area contributed by atoms with Crippen molar-refractivity contribution in [1.82, 2.24) is 14.6 Å². The van der Waals surface area contributed by atoms with Gasteiger partial charge in [0, 0.05) is 27.6 Å². The number of rotatable bonds is 4. The van der Waals surface area contributed by atoms with E-state index in [1.165, 1.54) is 11.1 Å². The molecule has 1 amide bonds. The smallest absolute Gasteiger partial charge is 0.335 e. The number of carbonyl (C=O) groups is 1. The van der Waals surface area contributed by atoms with Crippen molar-refractivity contribution in [3.8, 4) is 11.6 Å². The molecule has 1 aliphatic heterocycles. The molecule has 0 aliphatic carbocycles. The van der Waals surface area contributed by atoms with Crippen LogP contribution in [0, 0.1) is 6.92 Å². The highest BCUT2D eigenvalue weighted by molar-refractivity contribution is 7.12. The van der Waals surface area contributed by atoms with Gasteiger partial charge in [-0.15, -0.1) is 11.3 Å². The highest BCUT2D eigenvalue weighted by Gasteiger charge is 2.36. The maximum Gasteiger partial charge on any atom is 0.335 e. The number of H-pyrrole nitrogens is 1. The summed E-state index contributed by atoms with van der Waals surface area (Å²) in [5, 5.41) is 17.0. The maximum absolute atomic E-state index is 12.7. The van der Waals surface area contributed by atoms with E-state index in [-0.39, 0.29) is 41.8 Å². The van der Waals surface area contributed by atoms with Crippen LogP contribution in [0.15, 0.2) is 51.1 Å². The number of hydrazone groups is 1. The number of hydrogen-bond donors (Lipinski definition) is 2. The van der Waals surface area contributed by atoms with Gasteiger partial charge in [0.1, 0.15) is 5.56 Å². The van der Waals surface area contributed by atoms with Crippen LogP contribution in [0.1, 0.15) is 41.1 Å². The first-order valence-electron chi connectivity index (χ1n) is 9.60. The highest BCUT2D eigenvalue weighted by atomic mass is 35.5. The number of halogens is 1. The zero-order chi connectivity index (χ0) is 22.3. The summed E-state index contributed by atoms with van der Waals surface area (Å²) in [5.74, 6) is -0.758. The largest absolute Gasteiger partial charge is 0.493 e. The van der Waals surface area contributed by atoms with Gasteiger partial charge in [0.25, 0.3) is 5.56 Å². The summed E-state index contributed by atoms with van der Waals surface area (Å²) < 4.78 is 0.958. The van der Waals surface area contributed by atoms with Gasteiger partial charge in [-0.3, -0.25) is 14.6 Å². The van der Waals surface area contributed by atoms with Gasteiger partial charge in [-0.2, -0.15) is 5.10 Å². The van der Waals surface area contributed by atoms with Crippen molar-refractivity contribution in [3.63, 3.8) is 0 Å². The molecule has 0 spiro atoms. The first kappa shape index (κ1) is 21.1. The van der Waals surface area contributed by atoms with Crippen LogP contribution >= 0.6 is 22.9 Å². The Labute approximate surface area is 186 Å². The van der Waals surface area contributed by atoms with E-state index < -0.39 is 17.1 Å². The quantitative estimate of drug-likeness (QED) is 0.625. The van der Waals surface area contributed by atoms with Crippen LogP contribution in [0.2, 0.25) is 5.02 Å². The third kappa shape index (κ3) is 3.82. The number of aromatic nitrogens is 2. The van der Waals surface area contributed by atoms with Gasteiger partial charge in [0.05, 0.1) is 17.4 Å². The monoisotopic (exact) mass is 458 g/mol. The molecule has 4 rings (SSSR count). The molecule has 1 atom stereocenters. The Kier molecular flexibility index (Phi) is 5.55. The molecule has 0 radical (unpaired) electrons. The maximum atomic E-state index is 12.7. The summed E-state index contributed by atoms with van der Waals surface area (Å²) >= 11 is 7.56. The molecule has 1 aromatic carbocycles. The number of benzene rings is 1. The van der Waals surface area contributed by atoms with Crippen LogP contribution in [-0.4, -0.2) is 31.3 Å². The SMILES string of the molecule is CCC(=O)N1N=C(c2c(O)n(-c3cccc(Cl)c3)c(=O)[nH]c2=O)C[C@H]1c1ccc(C)s1. The van der Waals surface area contributed by atoms with Crippen LogP contribution in [-0.2, 0) is 4.79 Å². The molecule has 10 heteroatoms. The number of carbonyl (C=O) groups excluding carboxylic acids is 1. The minimum Gasteiger partial charge on any atom is -0.493 e. The van der Waals surface area contributed by atoms with Crippen molar-refractivity contribution >= 4 is 34.6 Å². The van der Waals surface area contributed by atoms with Gasteiger partial charge in [0.15, 0.2) is 0 Å². The van der Waals surface area contributed by atoms with E-state index in [1.54, 1.807) is 36.5 Å². The molecular weight excluding hydrogens is 440 g/mol. The van der Waals surface area contributed by atoms with Crippen molar-refractivity contribution in [2.75, 3.05) is 0 Å². The van der Waals surface area contributed by atoms with Crippen LogP contribution in [0.25, 0.3) is 5.69 Å². The second kappa shape index (κ2) is 8.16. The fourth-order valence-corrected chi connectivity index (χ4v) is 4.70. The summed E-state index contributed by atoms with van der Waals surface area (Å²) in [7, 11) is 0. The van der Waals surface area contributed by atoms with Crippen molar-refractivity contribution in [3.05, 3.63) is 77.6 Å². The number of thiophene rings is 1. The van der Waals surface area contributed by atoms with Gasteiger partial charge in [0.2, 0.25) is 11.8 Å². The number of nitrogens with zero attached hydrogens (tertiary/aromatic N) is 3. The van der Waals surface area contributed by atoms with E-state index >= 15 is 0 Å². The molecule has 0 unspecified atom stereocenters. The second-order valence-electron chi connectivity index (χ2n) is 7.08. The summed E-state index contributed by atoms with van der Waals surface area (Å²) in [5.41, 5.74) is -1.21. The van der Waals surface area contributed by atoms with Gasteiger partial charge in [-0.25, -0.2) is 14.4 Å². The van der Waals surface area contributed by atoms with Crippen molar-refractivity contribution in [1.29, 1.82) is 0 Å². The lowest BCUT2D eigenvalue weighted by Gasteiger charge is -2.19. The van der Waals surface area contributed by atoms with Crippen LogP contribution in [0.3, 0.4) is 0 Å². The molecular formula is C21H19ClN4O4S. The number of aryl methyl sites for hydroxylation is 1. The first-order chi connectivity index (χ1) is 14.8. The topological polar surface area (TPSA) is 108 Å². The van der Waals surface area contributed by atoms with E-state index in [4.69, 9.17) is 11.6 Å². The minimum absolute atomic E-state index is 0.149. The number of amides is 1. The predicted molar refractivity (Wildman–Crippen MR) is 119 cm³/mol. The zero-order valence-electron chi connectivity index (χ0n) is 16.8. The Morgan fingerprint density at radius 2 is 2.10 bits per heavy atom. The fourth-order valence-electron chi connectivity index (χ4n) is 3.55. The summed E-state index contributed by atoms with van der Waals surface area (Å²) in [6.45, 7) is 3.70. The van der Waals surface area contributed by atoms with Gasteiger partial charge in [-0.1, -0.05) is 24.6 Å². The van der Waals surface area contributed by atoms with Gasteiger partial charge in [-0.05, 0) is 37.3 Å². The van der Waals surface area contributed by atoms with E-state index in [0.717, 1.165) is 14.3 Å². The summed E-state index contributed by atoms with van der Waals surface area (Å²) in [4.78, 5) is 41.9. The van der Waals surface area contributed by atoms with Crippen molar-refractivity contribution < 1.29 is 9.90 Å². The molecule has 2 aromatic heterocycles. The van der Waals surface area contributed by atoms with Crippen molar-refractivity contribution in [2.24, 2.45) is 5.10 Å². The summed E-state index contributed by atoms with van der Waals surface area (Å²) in [6, 6.07) is 9.82. The van der Waals surface area contributed by atoms with Crippen LogP contribution < -0.4 is 11.2 Å².